The van der Waals surface area contributed by atoms with Crippen LogP contribution in [0.15, 0.2) is 24.3 Å². The number of carbonyl (C=O) groups excluding carboxylic acids is 3. The third-order valence-corrected chi connectivity index (χ3v) is 6.05. The molecular weight excluding hydrogens is 432 g/mol. The second kappa shape index (κ2) is 9.97. The number of nitrogens with one attached hydrogen (secondary N) is 2. The van der Waals surface area contributed by atoms with E-state index in [0.29, 0.717) is 30.2 Å². The first-order valence-electron chi connectivity index (χ1n) is 11.6. The fourth-order valence-electron chi connectivity index (χ4n) is 4.19. The largest absolute Gasteiger partial charge is 0.357 e. The summed E-state index contributed by atoms with van der Waals surface area (Å²) in [6, 6.07) is 6.61. The zero-order chi connectivity index (χ0) is 25.2. The molecule has 2 N–H and O–H groups in total. The van der Waals surface area contributed by atoms with E-state index >= 15 is 0 Å². The van der Waals surface area contributed by atoms with E-state index in [-0.39, 0.29) is 17.7 Å². The maximum absolute atomic E-state index is 13.5. The van der Waals surface area contributed by atoms with Gasteiger partial charge in [0, 0.05) is 45.4 Å². The van der Waals surface area contributed by atoms with E-state index in [1.54, 1.807) is 27.2 Å². The first kappa shape index (κ1) is 25.4. The van der Waals surface area contributed by atoms with Crippen molar-refractivity contribution in [2.75, 3.05) is 34.7 Å². The number of rotatable bonds is 5. The Morgan fingerprint density at radius 1 is 1.15 bits per heavy atom. The van der Waals surface area contributed by atoms with E-state index in [1.807, 2.05) is 46.0 Å². The number of likely N-dealkylation sites (N-methyl/N-ethyl adjacent to an activating group) is 1. The molecule has 1 aromatic carbocycles. The number of hydrogen-bond donors (Lipinski definition) is 2. The zero-order valence-corrected chi connectivity index (χ0v) is 21.2. The van der Waals surface area contributed by atoms with Crippen molar-refractivity contribution in [2.45, 2.75) is 46.3 Å². The number of hydrogen-bond acceptors (Lipinski definition) is 5. The van der Waals surface area contributed by atoms with Crippen molar-refractivity contribution >= 4 is 17.7 Å². The SMILES string of the molecule is CNC(=O)[C@@H](NC(=O)c1nc(-c2cccc(C(=O)N(C)C)c2)n2c1CN(C)CCC2)C(C)(C)C. The molecule has 34 heavy (non-hydrogen) atoms. The second-order valence-corrected chi connectivity index (χ2v) is 10.1. The molecule has 0 spiro atoms. The van der Waals surface area contributed by atoms with Crippen LogP contribution in [0.2, 0.25) is 0 Å². The van der Waals surface area contributed by atoms with Gasteiger partial charge in [0.25, 0.3) is 11.8 Å². The summed E-state index contributed by atoms with van der Waals surface area (Å²) in [5.74, 6) is -0.0790. The average Bonchev–Trinajstić information content (AvgIpc) is 3.02. The Morgan fingerprint density at radius 3 is 2.47 bits per heavy atom. The predicted molar refractivity (Wildman–Crippen MR) is 131 cm³/mol. The number of amides is 3. The molecule has 1 atom stereocenters. The summed E-state index contributed by atoms with van der Waals surface area (Å²) in [4.78, 5) is 47.0. The van der Waals surface area contributed by atoms with E-state index in [1.165, 1.54) is 4.90 Å². The van der Waals surface area contributed by atoms with Crippen molar-refractivity contribution in [1.29, 1.82) is 0 Å². The van der Waals surface area contributed by atoms with Crippen molar-refractivity contribution in [3.63, 3.8) is 0 Å². The van der Waals surface area contributed by atoms with Crippen LogP contribution < -0.4 is 10.6 Å². The van der Waals surface area contributed by atoms with Crippen LogP contribution in [-0.4, -0.2) is 77.8 Å². The van der Waals surface area contributed by atoms with Gasteiger partial charge in [-0.05, 0) is 37.6 Å². The average molecular weight is 469 g/mol. The number of benzene rings is 1. The molecule has 0 unspecified atom stereocenters. The quantitative estimate of drug-likeness (QED) is 0.699. The van der Waals surface area contributed by atoms with Crippen LogP contribution in [0.4, 0.5) is 0 Å². The highest BCUT2D eigenvalue weighted by Crippen LogP contribution is 2.28. The van der Waals surface area contributed by atoms with E-state index in [0.717, 1.165) is 24.2 Å². The van der Waals surface area contributed by atoms with E-state index < -0.39 is 11.5 Å². The molecule has 0 saturated heterocycles. The Hall–Kier alpha value is -3.20. The predicted octanol–water partition coefficient (Wildman–Crippen LogP) is 1.98. The Bertz CT molecular complexity index is 1080. The van der Waals surface area contributed by atoms with Gasteiger partial charge in [0.1, 0.15) is 11.9 Å². The van der Waals surface area contributed by atoms with Gasteiger partial charge in [-0.2, -0.15) is 0 Å². The molecule has 0 aliphatic carbocycles. The lowest BCUT2D eigenvalue weighted by molar-refractivity contribution is -0.124. The molecule has 0 bridgehead atoms. The van der Waals surface area contributed by atoms with Crippen LogP contribution in [0.3, 0.4) is 0 Å². The fourth-order valence-corrected chi connectivity index (χ4v) is 4.19. The summed E-state index contributed by atoms with van der Waals surface area (Å²) < 4.78 is 2.07. The minimum absolute atomic E-state index is 0.0965. The van der Waals surface area contributed by atoms with Crippen LogP contribution in [0, 0.1) is 5.41 Å². The van der Waals surface area contributed by atoms with E-state index in [4.69, 9.17) is 4.98 Å². The molecule has 3 amide bonds. The molecule has 1 aromatic heterocycles. The van der Waals surface area contributed by atoms with Gasteiger partial charge in [-0.3, -0.25) is 14.4 Å². The highest BCUT2D eigenvalue weighted by Gasteiger charge is 2.34. The summed E-state index contributed by atoms with van der Waals surface area (Å²) in [5, 5.41) is 5.55. The van der Waals surface area contributed by atoms with Gasteiger partial charge in [-0.25, -0.2) is 4.98 Å². The molecule has 0 radical (unpaired) electrons. The fraction of sp³-hybridized carbons (Fsp3) is 0.520. The zero-order valence-electron chi connectivity index (χ0n) is 21.2. The van der Waals surface area contributed by atoms with Crippen LogP contribution in [-0.2, 0) is 17.9 Å². The summed E-state index contributed by atoms with van der Waals surface area (Å²) in [6.45, 7) is 7.89. The molecule has 0 saturated carbocycles. The lowest BCUT2D eigenvalue weighted by Gasteiger charge is -2.29. The van der Waals surface area contributed by atoms with Crippen molar-refractivity contribution in [3.8, 4) is 11.4 Å². The molecule has 9 heteroatoms. The third-order valence-electron chi connectivity index (χ3n) is 6.05. The minimum atomic E-state index is -0.713. The Kier molecular flexibility index (Phi) is 7.45. The normalized spacial score (nSPS) is 15.1. The molecule has 9 nitrogen and oxygen atoms in total. The maximum Gasteiger partial charge on any atom is 0.272 e. The van der Waals surface area contributed by atoms with Crippen LogP contribution >= 0.6 is 0 Å². The van der Waals surface area contributed by atoms with Crippen LogP contribution in [0.1, 0.15) is 53.7 Å². The lowest BCUT2D eigenvalue weighted by Crippen LogP contribution is -2.53. The summed E-state index contributed by atoms with van der Waals surface area (Å²) in [7, 11) is 7.01. The van der Waals surface area contributed by atoms with E-state index in [9.17, 15) is 14.4 Å². The first-order chi connectivity index (χ1) is 15.9. The van der Waals surface area contributed by atoms with Crippen LogP contribution in [0.5, 0.6) is 0 Å². The third kappa shape index (κ3) is 5.30. The first-order valence-corrected chi connectivity index (χ1v) is 11.6. The Morgan fingerprint density at radius 2 is 1.85 bits per heavy atom. The molecule has 1 aliphatic heterocycles. The number of carbonyl (C=O) groups is 3. The molecule has 3 rings (SSSR count). The number of fused-ring (bicyclic) bond motifs is 1. The van der Waals surface area contributed by atoms with E-state index in [2.05, 4.69) is 20.1 Å². The molecule has 1 aliphatic rings. The molecule has 2 aromatic rings. The van der Waals surface area contributed by atoms with Gasteiger partial charge in [0.05, 0.1) is 5.69 Å². The number of nitrogens with zero attached hydrogens (tertiary/aromatic N) is 4. The maximum atomic E-state index is 13.5. The van der Waals surface area contributed by atoms with Crippen molar-refractivity contribution in [1.82, 2.24) is 30.0 Å². The van der Waals surface area contributed by atoms with Crippen molar-refractivity contribution in [3.05, 3.63) is 41.2 Å². The van der Waals surface area contributed by atoms with Gasteiger partial charge in [0.15, 0.2) is 5.69 Å². The summed E-state index contributed by atoms with van der Waals surface area (Å²) in [5.41, 5.74) is 1.97. The van der Waals surface area contributed by atoms with Crippen molar-refractivity contribution in [2.24, 2.45) is 5.41 Å². The van der Waals surface area contributed by atoms with Gasteiger partial charge in [-0.1, -0.05) is 32.9 Å². The number of aromatic nitrogens is 2. The summed E-state index contributed by atoms with van der Waals surface area (Å²) in [6.07, 6.45) is 0.910. The highest BCUT2D eigenvalue weighted by atomic mass is 16.2. The van der Waals surface area contributed by atoms with Gasteiger partial charge >= 0.3 is 0 Å². The lowest BCUT2D eigenvalue weighted by atomic mass is 9.86. The highest BCUT2D eigenvalue weighted by molar-refractivity contribution is 5.98. The molecule has 2 heterocycles. The minimum Gasteiger partial charge on any atom is -0.357 e. The Labute approximate surface area is 201 Å². The Balaban J connectivity index is 2.08. The molecular formula is C25H36N6O3. The smallest absolute Gasteiger partial charge is 0.272 e. The monoisotopic (exact) mass is 468 g/mol. The van der Waals surface area contributed by atoms with Gasteiger partial charge in [0.2, 0.25) is 5.91 Å². The summed E-state index contributed by atoms with van der Waals surface area (Å²) >= 11 is 0. The second-order valence-electron chi connectivity index (χ2n) is 10.1. The molecule has 184 valence electrons. The topological polar surface area (TPSA) is 99.6 Å². The standard InChI is InChI=1S/C25H36N6O3/c1-25(2,3)20(23(33)26-4)28-22(32)19-18-15-30(7)12-9-13-31(18)21(27-19)16-10-8-11-17(14-16)24(34)29(5)6/h8,10-11,14,20H,9,12-13,15H2,1-7H3,(H,26,33)(H,28,32)/t20-/m1/s1. The van der Waals surface area contributed by atoms with Crippen molar-refractivity contribution < 1.29 is 14.4 Å². The van der Waals surface area contributed by atoms with Gasteiger partial charge < -0.3 is 25.0 Å². The molecule has 0 fully saturated rings. The number of imidazole rings is 1. The van der Waals surface area contributed by atoms with Crippen LogP contribution in [0.25, 0.3) is 11.4 Å². The van der Waals surface area contributed by atoms with Gasteiger partial charge in [-0.15, -0.1) is 0 Å².